The first-order valence-electron chi connectivity index (χ1n) is 10.9. The number of carbonyl (C=O) groups is 4. The number of ketones is 1. The van der Waals surface area contributed by atoms with Crippen LogP contribution in [0.3, 0.4) is 0 Å². The van der Waals surface area contributed by atoms with Gasteiger partial charge in [-0.15, -0.1) is 6.58 Å². The minimum Gasteiger partial charge on any atom is -0.466 e. The van der Waals surface area contributed by atoms with Crippen LogP contribution in [0.1, 0.15) is 47.5 Å². The molecule has 0 saturated heterocycles. The second-order valence-electron chi connectivity index (χ2n) is 9.17. The van der Waals surface area contributed by atoms with Crippen LogP contribution in [-0.2, 0) is 38.1 Å². The van der Waals surface area contributed by atoms with Crippen molar-refractivity contribution in [1.29, 1.82) is 0 Å². The summed E-state index contributed by atoms with van der Waals surface area (Å²) in [7, 11) is 2.78. The number of Topliss-reactive ketones (excluding diaryl/α,β-unsaturated/α-hetero) is 1. The molecule has 1 fully saturated rings. The minimum absolute atomic E-state index is 0.0419. The zero-order valence-electron chi connectivity index (χ0n) is 20.4. The van der Waals surface area contributed by atoms with Crippen molar-refractivity contribution in [2.24, 2.45) is 17.3 Å². The SMILES string of the molecule is C=C[C@H](OC)[C@H](CC1=C(C)C(OC(=O)[C@@H]2[C@H](C=C(C)C(=O)OC)C2(C)C)CC1=O)OC(C)=O. The predicted molar refractivity (Wildman–Crippen MR) is 120 cm³/mol. The van der Waals surface area contributed by atoms with Crippen LogP contribution in [-0.4, -0.2) is 56.2 Å². The maximum absolute atomic E-state index is 12.9. The Bertz CT molecular complexity index is 894. The summed E-state index contributed by atoms with van der Waals surface area (Å²) in [4.78, 5) is 48.9. The third kappa shape index (κ3) is 5.79. The van der Waals surface area contributed by atoms with Gasteiger partial charge in [0.05, 0.1) is 19.4 Å². The molecule has 2 aliphatic carbocycles. The van der Waals surface area contributed by atoms with E-state index in [1.807, 2.05) is 13.8 Å². The molecule has 0 bridgehead atoms. The summed E-state index contributed by atoms with van der Waals surface area (Å²) in [5, 5.41) is 0. The Hall–Kier alpha value is -2.74. The quantitative estimate of drug-likeness (QED) is 0.211. The first-order chi connectivity index (χ1) is 15.4. The number of esters is 3. The molecule has 0 aromatic rings. The Balaban J connectivity index is 2.15. The number of hydrogen-bond acceptors (Lipinski definition) is 8. The summed E-state index contributed by atoms with van der Waals surface area (Å²) in [6.07, 6.45) is 1.47. The van der Waals surface area contributed by atoms with Gasteiger partial charge in [0.15, 0.2) is 5.78 Å². The van der Waals surface area contributed by atoms with Crippen LogP contribution in [0.15, 0.2) is 35.5 Å². The molecule has 2 aliphatic rings. The summed E-state index contributed by atoms with van der Waals surface area (Å²) in [6.45, 7) is 12.2. The van der Waals surface area contributed by atoms with Crippen LogP contribution in [0.4, 0.5) is 0 Å². The van der Waals surface area contributed by atoms with Gasteiger partial charge >= 0.3 is 17.9 Å². The molecule has 0 N–H and O–H groups in total. The lowest BCUT2D eigenvalue weighted by atomic mass is 10.00. The van der Waals surface area contributed by atoms with Gasteiger partial charge in [-0.3, -0.25) is 14.4 Å². The molecule has 0 aromatic carbocycles. The van der Waals surface area contributed by atoms with E-state index >= 15 is 0 Å². The van der Waals surface area contributed by atoms with Gasteiger partial charge in [0, 0.05) is 31.6 Å². The van der Waals surface area contributed by atoms with E-state index in [9.17, 15) is 19.2 Å². The van der Waals surface area contributed by atoms with Crippen LogP contribution in [0.5, 0.6) is 0 Å². The van der Waals surface area contributed by atoms with Crippen LogP contribution in [0.25, 0.3) is 0 Å². The molecular formula is C25H34O8. The van der Waals surface area contributed by atoms with Gasteiger partial charge in [0.25, 0.3) is 0 Å². The van der Waals surface area contributed by atoms with Crippen LogP contribution >= 0.6 is 0 Å². The number of carbonyl (C=O) groups excluding carboxylic acids is 4. The standard InChI is InChI=1S/C25H34O8/c1-9-19(30-7)21(32-15(4)26)11-16-14(3)20(12-18(16)27)33-24(29)22-17(25(22,5)6)10-13(2)23(28)31-8/h9-10,17,19-22H,1,11-12H2,2-8H3/t17-,19-,20?,21-,22-/m0/s1. The second-order valence-corrected chi connectivity index (χ2v) is 9.17. The third-order valence-corrected chi connectivity index (χ3v) is 6.62. The van der Waals surface area contributed by atoms with Crippen molar-refractivity contribution in [2.45, 2.75) is 65.8 Å². The monoisotopic (exact) mass is 462 g/mol. The zero-order valence-corrected chi connectivity index (χ0v) is 20.4. The normalized spacial score (nSPS) is 25.8. The summed E-state index contributed by atoms with van der Waals surface area (Å²) in [6, 6.07) is 0. The summed E-state index contributed by atoms with van der Waals surface area (Å²) < 4.78 is 21.1. The van der Waals surface area contributed by atoms with E-state index in [4.69, 9.17) is 18.9 Å². The van der Waals surface area contributed by atoms with Crippen LogP contribution in [0.2, 0.25) is 0 Å². The molecule has 1 unspecified atom stereocenters. The lowest BCUT2D eigenvalue weighted by Gasteiger charge is -2.23. The molecule has 2 rings (SSSR count). The van der Waals surface area contributed by atoms with Gasteiger partial charge in [0.2, 0.25) is 0 Å². The molecule has 8 heteroatoms. The summed E-state index contributed by atoms with van der Waals surface area (Å²) in [5.74, 6) is -2.08. The maximum atomic E-state index is 12.9. The molecule has 1 saturated carbocycles. The molecule has 33 heavy (non-hydrogen) atoms. The highest BCUT2D eigenvalue weighted by Gasteiger charge is 2.62. The Morgan fingerprint density at radius 2 is 1.85 bits per heavy atom. The smallest absolute Gasteiger partial charge is 0.333 e. The average Bonchev–Trinajstić information content (AvgIpc) is 3.18. The highest BCUT2D eigenvalue weighted by molar-refractivity contribution is 6.00. The highest BCUT2D eigenvalue weighted by atomic mass is 16.6. The molecule has 8 nitrogen and oxygen atoms in total. The zero-order chi connectivity index (χ0) is 25.1. The van der Waals surface area contributed by atoms with Crippen molar-refractivity contribution in [3.63, 3.8) is 0 Å². The Labute approximate surface area is 195 Å². The van der Waals surface area contributed by atoms with Crippen molar-refractivity contribution >= 4 is 23.7 Å². The fourth-order valence-electron chi connectivity index (χ4n) is 4.45. The molecule has 0 amide bonds. The molecule has 182 valence electrons. The largest absolute Gasteiger partial charge is 0.466 e. The minimum atomic E-state index is -0.716. The number of hydrogen-bond donors (Lipinski definition) is 0. The van der Waals surface area contributed by atoms with E-state index in [1.165, 1.54) is 27.2 Å². The van der Waals surface area contributed by atoms with Crippen LogP contribution < -0.4 is 0 Å². The van der Waals surface area contributed by atoms with E-state index in [0.29, 0.717) is 16.7 Å². The third-order valence-electron chi connectivity index (χ3n) is 6.62. The van der Waals surface area contributed by atoms with E-state index in [0.717, 1.165) is 0 Å². The van der Waals surface area contributed by atoms with Gasteiger partial charge in [-0.1, -0.05) is 26.0 Å². The first-order valence-corrected chi connectivity index (χ1v) is 10.9. The van der Waals surface area contributed by atoms with E-state index < -0.39 is 42.1 Å². The van der Waals surface area contributed by atoms with Crippen molar-refractivity contribution in [1.82, 2.24) is 0 Å². The van der Waals surface area contributed by atoms with Crippen molar-refractivity contribution < 1.29 is 38.1 Å². The second kappa shape index (κ2) is 10.5. The molecule has 0 radical (unpaired) electrons. The number of ether oxygens (including phenoxy) is 4. The van der Waals surface area contributed by atoms with E-state index in [2.05, 4.69) is 6.58 Å². The molecule has 0 heterocycles. The lowest BCUT2D eigenvalue weighted by molar-refractivity contribution is -0.152. The average molecular weight is 463 g/mol. The topological polar surface area (TPSA) is 105 Å². The molecule has 0 aromatic heterocycles. The van der Waals surface area contributed by atoms with Gasteiger partial charge < -0.3 is 18.9 Å². The summed E-state index contributed by atoms with van der Waals surface area (Å²) in [5.41, 5.74) is 1.18. The first kappa shape index (κ1) is 26.5. The van der Waals surface area contributed by atoms with E-state index in [1.54, 1.807) is 19.9 Å². The number of allylic oxidation sites excluding steroid dienone is 1. The van der Waals surface area contributed by atoms with E-state index in [-0.39, 0.29) is 30.0 Å². The molecule has 0 aliphatic heterocycles. The summed E-state index contributed by atoms with van der Waals surface area (Å²) >= 11 is 0. The van der Waals surface area contributed by atoms with Crippen LogP contribution in [0, 0.1) is 17.3 Å². The Kier molecular flexibility index (Phi) is 8.41. The lowest BCUT2D eigenvalue weighted by Crippen LogP contribution is -2.32. The van der Waals surface area contributed by atoms with Gasteiger partial charge in [0.1, 0.15) is 18.3 Å². The Morgan fingerprint density at radius 3 is 2.36 bits per heavy atom. The molecule has 0 spiro atoms. The highest BCUT2D eigenvalue weighted by Crippen LogP contribution is 2.60. The maximum Gasteiger partial charge on any atom is 0.333 e. The van der Waals surface area contributed by atoms with Crippen molar-refractivity contribution in [2.75, 3.05) is 14.2 Å². The predicted octanol–water partition coefficient (Wildman–Crippen LogP) is 3.10. The fourth-order valence-corrected chi connectivity index (χ4v) is 4.45. The number of methoxy groups -OCH3 is 2. The van der Waals surface area contributed by atoms with Gasteiger partial charge in [-0.25, -0.2) is 4.79 Å². The fraction of sp³-hybridized carbons (Fsp3) is 0.600. The Morgan fingerprint density at radius 1 is 1.21 bits per heavy atom. The molecule has 5 atom stereocenters. The van der Waals surface area contributed by atoms with Crippen molar-refractivity contribution in [3.8, 4) is 0 Å². The van der Waals surface area contributed by atoms with Gasteiger partial charge in [-0.05, 0) is 30.8 Å². The molecular weight excluding hydrogens is 428 g/mol. The number of rotatable bonds is 10. The van der Waals surface area contributed by atoms with Crippen molar-refractivity contribution in [3.05, 3.63) is 35.5 Å². The van der Waals surface area contributed by atoms with Gasteiger partial charge in [-0.2, -0.15) is 0 Å².